The lowest BCUT2D eigenvalue weighted by Gasteiger charge is -2.14. The standard InChI is InChI=1S/C22H18Cl2O5/c1-27-20-9-15(7-8-19(20)28-12-14-5-3-2-4-6-14)13-29-21-17(23)10-16(22(25)26)11-18(21)24/h2-11H,12-13H2,1H3,(H,25,26). The molecule has 0 saturated carbocycles. The number of carbonyl (C=O) groups is 1. The number of rotatable bonds is 8. The highest BCUT2D eigenvalue weighted by Crippen LogP contribution is 2.35. The minimum absolute atomic E-state index is 0.00561. The van der Waals surface area contributed by atoms with Gasteiger partial charge >= 0.3 is 5.97 Å². The Morgan fingerprint density at radius 2 is 1.52 bits per heavy atom. The molecule has 5 nitrogen and oxygen atoms in total. The third kappa shape index (κ3) is 5.34. The molecule has 0 aliphatic heterocycles. The van der Waals surface area contributed by atoms with E-state index in [4.69, 9.17) is 42.5 Å². The number of aromatic carboxylic acids is 1. The monoisotopic (exact) mass is 432 g/mol. The zero-order valence-corrected chi connectivity index (χ0v) is 17.0. The second-order valence-electron chi connectivity index (χ2n) is 6.12. The van der Waals surface area contributed by atoms with E-state index in [0.717, 1.165) is 11.1 Å². The maximum absolute atomic E-state index is 11.1. The van der Waals surface area contributed by atoms with Crippen LogP contribution in [0.3, 0.4) is 0 Å². The lowest BCUT2D eigenvalue weighted by atomic mass is 10.2. The Morgan fingerprint density at radius 3 is 2.14 bits per heavy atom. The number of benzene rings is 3. The zero-order chi connectivity index (χ0) is 20.8. The van der Waals surface area contributed by atoms with Gasteiger partial charge in [-0.1, -0.05) is 59.6 Å². The average Bonchev–Trinajstić information content (AvgIpc) is 2.72. The Kier molecular flexibility index (Phi) is 6.86. The summed E-state index contributed by atoms with van der Waals surface area (Å²) in [7, 11) is 1.56. The first-order chi connectivity index (χ1) is 14.0. The SMILES string of the molecule is COc1cc(COc2c(Cl)cc(C(=O)O)cc2Cl)ccc1OCc1ccccc1. The number of methoxy groups -OCH3 is 1. The van der Waals surface area contributed by atoms with E-state index in [-0.39, 0.29) is 28.0 Å². The van der Waals surface area contributed by atoms with Crippen LogP contribution in [0, 0.1) is 0 Å². The molecule has 0 atom stereocenters. The summed E-state index contributed by atoms with van der Waals surface area (Å²) in [5.74, 6) is 0.292. The van der Waals surface area contributed by atoms with Gasteiger partial charge < -0.3 is 19.3 Å². The number of carboxylic acids is 1. The first kappa shape index (κ1) is 20.8. The van der Waals surface area contributed by atoms with Gasteiger partial charge in [0, 0.05) is 0 Å². The van der Waals surface area contributed by atoms with Crippen LogP contribution in [0.5, 0.6) is 17.2 Å². The van der Waals surface area contributed by atoms with Gasteiger partial charge in [-0.25, -0.2) is 4.79 Å². The average molecular weight is 433 g/mol. The van der Waals surface area contributed by atoms with E-state index < -0.39 is 5.97 Å². The van der Waals surface area contributed by atoms with E-state index in [0.29, 0.717) is 18.1 Å². The molecule has 3 aromatic carbocycles. The fraction of sp³-hybridized carbons (Fsp3) is 0.136. The highest BCUT2D eigenvalue weighted by molar-refractivity contribution is 6.37. The minimum Gasteiger partial charge on any atom is -0.493 e. The highest BCUT2D eigenvalue weighted by Gasteiger charge is 2.14. The second kappa shape index (κ2) is 9.54. The first-order valence-electron chi connectivity index (χ1n) is 8.66. The topological polar surface area (TPSA) is 65.0 Å². The molecule has 0 bridgehead atoms. The fourth-order valence-corrected chi connectivity index (χ4v) is 3.23. The number of hydrogen-bond acceptors (Lipinski definition) is 4. The Labute approximate surface area is 178 Å². The predicted octanol–water partition coefficient (Wildman–Crippen LogP) is 5.86. The highest BCUT2D eigenvalue weighted by atomic mass is 35.5. The van der Waals surface area contributed by atoms with E-state index in [1.807, 2.05) is 36.4 Å². The molecule has 150 valence electrons. The van der Waals surface area contributed by atoms with E-state index in [1.165, 1.54) is 12.1 Å². The summed E-state index contributed by atoms with van der Waals surface area (Å²) in [5.41, 5.74) is 1.85. The van der Waals surface area contributed by atoms with Crippen molar-refractivity contribution in [3.05, 3.63) is 87.4 Å². The molecule has 0 aliphatic carbocycles. The Morgan fingerprint density at radius 1 is 0.862 bits per heavy atom. The number of hydrogen-bond donors (Lipinski definition) is 1. The Balaban J connectivity index is 1.70. The number of halogens is 2. The maximum atomic E-state index is 11.1. The Hall–Kier alpha value is -2.89. The van der Waals surface area contributed by atoms with Crippen molar-refractivity contribution in [3.63, 3.8) is 0 Å². The summed E-state index contributed by atoms with van der Waals surface area (Å²) in [6.07, 6.45) is 0. The molecule has 0 fully saturated rings. The van der Waals surface area contributed by atoms with Crippen LogP contribution in [0.25, 0.3) is 0 Å². The molecule has 3 aromatic rings. The number of ether oxygens (including phenoxy) is 3. The van der Waals surface area contributed by atoms with Crippen molar-refractivity contribution in [2.45, 2.75) is 13.2 Å². The summed E-state index contributed by atoms with van der Waals surface area (Å²) < 4.78 is 17.0. The van der Waals surface area contributed by atoms with Gasteiger partial charge in [0.1, 0.15) is 13.2 Å². The van der Waals surface area contributed by atoms with Crippen LogP contribution in [0.1, 0.15) is 21.5 Å². The molecule has 0 aliphatic rings. The van der Waals surface area contributed by atoms with Gasteiger partial charge in [0.25, 0.3) is 0 Å². The lowest BCUT2D eigenvalue weighted by Crippen LogP contribution is -2.02. The summed E-state index contributed by atoms with van der Waals surface area (Å²) >= 11 is 12.2. The molecule has 1 N–H and O–H groups in total. The van der Waals surface area contributed by atoms with E-state index in [9.17, 15) is 4.79 Å². The van der Waals surface area contributed by atoms with E-state index in [1.54, 1.807) is 19.2 Å². The summed E-state index contributed by atoms with van der Waals surface area (Å²) in [4.78, 5) is 11.1. The van der Waals surface area contributed by atoms with Crippen molar-refractivity contribution in [1.29, 1.82) is 0 Å². The van der Waals surface area contributed by atoms with Gasteiger partial charge in [-0.15, -0.1) is 0 Å². The molecule has 0 aromatic heterocycles. The van der Waals surface area contributed by atoms with Crippen molar-refractivity contribution in [3.8, 4) is 17.2 Å². The molecule has 0 unspecified atom stereocenters. The molecule has 0 radical (unpaired) electrons. The van der Waals surface area contributed by atoms with Crippen molar-refractivity contribution >= 4 is 29.2 Å². The fourth-order valence-electron chi connectivity index (χ4n) is 2.63. The van der Waals surface area contributed by atoms with Crippen LogP contribution >= 0.6 is 23.2 Å². The van der Waals surface area contributed by atoms with Crippen LogP contribution in [0.15, 0.2) is 60.7 Å². The van der Waals surface area contributed by atoms with Crippen molar-refractivity contribution in [2.75, 3.05) is 7.11 Å². The molecular weight excluding hydrogens is 415 g/mol. The van der Waals surface area contributed by atoms with Crippen LogP contribution in [-0.2, 0) is 13.2 Å². The van der Waals surface area contributed by atoms with Gasteiger partial charge in [-0.2, -0.15) is 0 Å². The molecule has 0 spiro atoms. The van der Waals surface area contributed by atoms with Crippen LogP contribution in [0.2, 0.25) is 10.0 Å². The van der Waals surface area contributed by atoms with Gasteiger partial charge in [0.05, 0.1) is 22.7 Å². The maximum Gasteiger partial charge on any atom is 0.335 e. The minimum atomic E-state index is -1.11. The van der Waals surface area contributed by atoms with Gasteiger partial charge in [-0.3, -0.25) is 0 Å². The predicted molar refractivity (Wildman–Crippen MR) is 112 cm³/mol. The third-order valence-electron chi connectivity index (χ3n) is 4.09. The van der Waals surface area contributed by atoms with E-state index >= 15 is 0 Å². The molecule has 3 rings (SSSR count). The largest absolute Gasteiger partial charge is 0.493 e. The van der Waals surface area contributed by atoms with Crippen LogP contribution < -0.4 is 14.2 Å². The van der Waals surface area contributed by atoms with Crippen LogP contribution in [-0.4, -0.2) is 18.2 Å². The zero-order valence-electron chi connectivity index (χ0n) is 15.5. The lowest BCUT2D eigenvalue weighted by molar-refractivity contribution is 0.0697. The van der Waals surface area contributed by atoms with Crippen molar-refractivity contribution in [1.82, 2.24) is 0 Å². The molecular formula is C22H18Cl2O5. The third-order valence-corrected chi connectivity index (χ3v) is 4.66. The quantitative estimate of drug-likeness (QED) is 0.482. The first-order valence-corrected chi connectivity index (χ1v) is 9.42. The Bertz CT molecular complexity index is 982. The smallest absolute Gasteiger partial charge is 0.335 e. The molecule has 0 amide bonds. The summed E-state index contributed by atoms with van der Waals surface area (Å²) in [5, 5.41) is 9.31. The number of carboxylic acid groups (broad SMARTS) is 1. The molecule has 0 saturated heterocycles. The van der Waals surface area contributed by atoms with E-state index in [2.05, 4.69) is 0 Å². The molecule has 0 heterocycles. The molecule has 29 heavy (non-hydrogen) atoms. The van der Waals surface area contributed by atoms with Gasteiger partial charge in [-0.05, 0) is 35.4 Å². The van der Waals surface area contributed by atoms with Gasteiger partial charge in [0.15, 0.2) is 17.2 Å². The molecule has 7 heteroatoms. The second-order valence-corrected chi connectivity index (χ2v) is 6.94. The van der Waals surface area contributed by atoms with Gasteiger partial charge in [0.2, 0.25) is 0 Å². The van der Waals surface area contributed by atoms with Crippen molar-refractivity contribution < 1.29 is 24.1 Å². The van der Waals surface area contributed by atoms with Crippen molar-refractivity contribution in [2.24, 2.45) is 0 Å². The summed E-state index contributed by atoms with van der Waals surface area (Å²) in [6, 6.07) is 17.9. The van der Waals surface area contributed by atoms with Crippen LogP contribution in [0.4, 0.5) is 0 Å². The normalized spacial score (nSPS) is 10.4. The summed E-state index contributed by atoms with van der Waals surface area (Å²) in [6.45, 7) is 0.593.